The van der Waals surface area contributed by atoms with E-state index in [-0.39, 0.29) is 106 Å². The van der Waals surface area contributed by atoms with Gasteiger partial charge in [0.05, 0.1) is 79.4 Å². The van der Waals surface area contributed by atoms with Crippen LogP contribution in [0.15, 0.2) is 182 Å². The third kappa shape index (κ3) is 37.5. The van der Waals surface area contributed by atoms with Gasteiger partial charge in [-0.15, -0.1) is 0 Å². The normalized spacial score (nSPS) is 23.0. The second kappa shape index (κ2) is 50.5. The Bertz CT molecular complexity index is 3060. The van der Waals surface area contributed by atoms with Crippen LogP contribution in [-0.4, -0.2) is 216 Å². The number of nitrogens with one attached hydrogen (secondary N) is 2. The average molecular weight is 1450 g/mol. The zero-order valence-electron chi connectivity index (χ0n) is 59.5. The lowest BCUT2D eigenvalue weighted by Gasteiger charge is -2.41. The number of ketones is 2. The summed E-state index contributed by atoms with van der Waals surface area (Å²) in [6.07, 6.45) is 22.1. The molecular weight excluding hydrogens is 1330 g/mol. The van der Waals surface area contributed by atoms with Crippen molar-refractivity contribution in [3.8, 4) is 5.75 Å². The van der Waals surface area contributed by atoms with Gasteiger partial charge in [0.15, 0.2) is 12.1 Å². The largest absolute Gasteiger partial charge is 0.510 e. The summed E-state index contributed by atoms with van der Waals surface area (Å²) in [6, 6.07) is 5.03. The number of unbranched alkanes of at least 4 members (excludes halogenated alkanes) is 1. The van der Waals surface area contributed by atoms with Crippen molar-refractivity contribution in [2.24, 2.45) is 23.5 Å². The van der Waals surface area contributed by atoms with E-state index in [1.54, 1.807) is 105 Å². The van der Waals surface area contributed by atoms with Crippen LogP contribution in [0, 0.1) is 17.8 Å². The molecule has 1 aliphatic heterocycles. The van der Waals surface area contributed by atoms with Crippen LogP contribution in [0.5, 0.6) is 5.75 Å². The maximum Gasteiger partial charge on any atom is 0.248 e. The Balaban J connectivity index is 1.36. The minimum absolute atomic E-state index is 0.00594. The van der Waals surface area contributed by atoms with Crippen molar-refractivity contribution in [1.29, 1.82) is 0 Å². The first-order chi connectivity index (χ1) is 49.0. The highest BCUT2D eigenvalue weighted by Crippen LogP contribution is 2.28. The molecule has 1 heterocycles. The third-order valence-electron chi connectivity index (χ3n) is 17.4. The van der Waals surface area contributed by atoms with Crippen LogP contribution in [0.3, 0.4) is 0 Å². The molecule has 21 unspecified atom stereocenters. The van der Waals surface area contributed by atoms with E-state index in [1.165, 1.54) is 55.5 Å². The number of hydrogen-bond donors (Lipinski definition) is 19. The molecule has 0 aromatic heterocycles. The van der Waals surface area contributed by atoms with Crippen LogP contribution in [0.1, 0.15) is 142 Å². The number of Topliss-reactive ketones (excluding diaryl/α,β-unsaturated/α-hetero) is 2. The highest BCUT2D eigenvalue weighted by atomic mass is 16.7. The second-order valence-corrected chi connectivity index (χ2v) is 26.5. The molecule has 1 aliphatic carbocycles. The number of benzene rings is 1. The van der Waals surface area contributed by atoms with Crippen LogP contribution in [-0.2, 0) is 28.7 Å². The monoisotopic (exact) mass is 1450 g/mol. The number of amides is 2. The Morgan fingerprint density at radius 1 is 0.583 bits per heavy atom. The summed E-state index contributed by atoms with van der Waals surface area (Å²) in [5.41, 5.74) is 6.45. The number of aromatic hydroxyl groups is 1. The van der Waals surface area contributed by atoms with E-state index < -0.39 is 146 Å². The minimum Gasteiger partial charge on any atom is -0.510 e. The lowest BCUT2D eigenvalue weighted by atomic mass is 9.88. The molecule has 2 aliphatic rings. The van der Waals surface area contributed by atoms with Crippen molar-refractivity contribution in [2.75, 3.05) is 6.54 Å². The maximum atomic E-state index is 13.6. The highest BCUT2D eigenvalue weighted by molar-refractivity contribution is 6.03. The van der Waals surface area contributed by atoms with Gasteiger partial charge < -0.3 is 108 Å². The zero-order chi connectivity index (χ0) is 76.4. The van der Waals surface area contributed by atoms with Crippen molar-refractivity contribution in [2.45, 2.75) is 240 Å². The van der Waals surface area contributed by atoms with Crippen LogP contribution < -0.4 is 16.4 Å². The maximum absolute atomic E-state index is 13.6. The molecule has 2 amide bonds. The lowest BCUT2D eigenvalue weighted by Crippen LogP contribution is -2.58. The molecule has 0 spiro atoms. The third-order valence-corrected chi connectivity index (χ3v) is 17.4. The van der Waals surface area contributed by atoms with Gasteiger partial charge in [-0.3, -0.25) is 19.2 Å². The van der Waals surface area contributed by atoms with Crippen molar-refractivity contribution in [3.05, 3.63) is 187 Å². The van der Waals surface area contributed by atoms with E-state index in [4.69, 9.17) is 15.2 Å². The summed E-state index contributed by atoms with van der Waals surface area (Å²) in [4.78, 5) is 49.6. The fourth-order valence-corrected chi connectivity index (χ4v) is 11.1. The van der Waals surface area contributed by atoms with Gasteiger partial charge in [-0.05, 0) is 95.2 Å². The Morgan fingerprint density at radius 3 is 1.70 bits per heavy atom. The van der Waals surface area contributed by atoms with Crippen molar-refractivity contribution in [3.63, 3.8) is 0 Å². The minimum atomic E-state index is -1.66. The van der Waals surface area contributed by atoms with Gasteiger partial charge in [-0.25, -0.2) is 0 Å². The molecule has 1 saturated heterocycles. The fourth-order valence-electron chi connectivity index (χ4n) is 11.1. The number of carbonyl (C=O) groups is 4. The van der Waals surface area contributed by atoms with Crippen LogP contribution in [0.25, 0.3) is 0 Å². The first kappa shape index (κ1) is 90.3. The molecular formula is C78H115N3O22. The number of aliphatic hydroxyl groups excluding tert-OH is 15. The molecule has 1 fully saturated rings. The predicted octanol–water partition coefficient (Wildman–Crippen LogP) is 4.55. The number of rotatable bonds is 49. The van der Waals surface area contributed by atoms with Crippen molar-refractivity contribution in [1.82, 2.24) is 10.6 Å². The van der Waals surface area contributed by atoms with Gasteiger partial charge in [0.1, 0.15) is 47.3 Å². The van der Waals surface area contributed by atoms with E-state index in [0.717, 1.165) is 12.8 Å². The standard InChI is InChI=1S/C78H115N3O22/c1-50(27-20-16-12-8-5-6-11-15-19-23-35-70(96)81-72-66(93)40-41-67(72)94)73(97)52(3)65(92)33-21-17-13-9-7-10-14-18-22-34-69(103-78-76(100)75(99)74(98)53(4)102-78)51(2)68(95)49-64(91)48-63(90)46-59(86)31-25-30-58(85)45-62(89)47-61(88)44-57(84)29-24-28-56(83)43-60(87)32-26-42-80-77(101)71(79)54-36-38-55(82)39-37-54/h5-11,13-15,17-25,27,29,31,33,35-39,50-53,56-65,69,71,73-76,78,82-93,97-100H,12,16,26,28,30,32,34,40-49,79H2,1-4H3,(H,80,101)(H,81,96)/b8-5+,9-7+,11-6+,14-10+,17-13+,19-15+,22-18+,27-20+,29-24+,31-25+,33-21+,35-23+. The van der Waals surface area contributed by atoms with Crippen LogP contribution in [0.4, 0.5) is 0 Å². The van der Waals surface area contributed by atoms with Crippen LogP contribution >= 0.6 is 0 Å². The molecule has 20 N–H and O–H groups in total. The van der Waals surface area contributed by atoms with Gasteiger partial charge in [-0.1, -0.05) is 173 Å². The smallest absolute Gasteiger partial charge is 0.248 e. The van der Waals surface area contributed by atoms with Crippen molar-refractivity contribution < 1.29 is 110 Å². The number of aliphatic hydroxyl groups is 15. The summed E-state index contributed by atoms with van der Waals surface area (Å²) in [5.74, 6) is -3.32. The molecule has 25 heteroatoms. The van der Waals surface area contributed by atoms with E-state index in [0.29, 0.717) is 18.4 Å². The van der Waals surface area contributed by atoms with Gasteiger partial charge in [0, 0.05) is 62.5 Å². The molecule has 574 valence electrons. The van der Waals surface area contributed by atoms with Gasteiger partial charge in [0.2, 0.25) is 11.8 Å². The number of allylic oxidation sites excluding steroid dienone is 18. The Kier molecular flexibility index (Phi) is 44.2. The van der Waals surface area contributed by atoms with Gasteiger partial charge in [0.25, 0.3) is 0 Å². The average Bonchev–Trinajstić information content (AvgIpc) is 1.30. The number of phenols is 1. The number of nitrogens with two attached hydrogens (primary N) is 1. The zero-order valence-corrected chi connectivity index (χ0v) is 59.5. The quantitative estimate of drug-likeness (QED) is 0.0184. The molecule has 25 nitrogen and oxygen atoms in total. The summed E-state index contributed by atoms with van der Waals surface area (Å²) in [7, 11) is 0. The summed E-state index contributed by atoms with van der Waals surface area (Å²) < 4.78 is 11.7. The SMILES string of the molecule is CC(/C=C/CC/C=C/C=C/C=C/C=C/C(=O)NC1=C(O)CCC1=O)C(O)C(C)C(O)/C=C/C=C/C=C/C=C/C=C/CC(OC1OC(C)C(O)C(O)C1O)C(C)C(=O)CC(O)CC(O)CC(O)/C=C/CC(O)CC(O)CC(O)CC(O)/C=C/CC(O)CC(O)CCCNC(=O)C(N)c1ccc(O)cc1. The van der Waals surface area contributed by atoms with E-state index >= 15 is 0 Å². The molecule has 1 aromatic carbocycles. The van der Waals surface area contributed by atoms with Crippen LogP contribution in [0.2, 0.25) is 0 Å². The Labute approximate surface area is 605 Å². The lowest BCUT2D eigenvalue weighted by molar-refractivity contribution is -0.306. The molecule has 0 saturated carbocycles. The van der Waals surface area contributed by atoms with E-state index in [2.05, 4.69) is 10.6 Å². The molecule has 1 aromatic rings. The Morgan fingerprint density at radius 2 is 1.11 bits per heavy atom. The summed E-state index contributed by atoms with van der Waals surface area (Å²) in [6.45, 7) is 6.95. The highest BCUT2D eigenvalue weighted by Gasteiger charge is 2.44. The van der Waals surface area contributed by atoms with E-state index in [9.17, 15) is 101 Å². The van der Waals surface area contributed by atoms with E-state index in [1.807, 2.05) is 37.3 Å². The molecule has 0 bridgehead atoms. The topological polar surface area (TPSA) is 461 Å². The van der Waals surface area contributed by atoms with Gasteiger partial charge in [-0.2, -0.15) is 0 Å². The molecule has 0 radical (unpaired) electrons. The first-order valence-electron chi connectivity index (χ1n) is 35.4. The predicted molar refractivity (Wildman–Crippen MR) is 390 cm³/mol. The summed E-state index contributed by atoms with van der Waals surface area (Å²) >= 11 is 0. The fraction of sp³-hybridized carbons (Fsp3) is 0.538. The number of ether oxygens (including phenoxy) is 2. The summed E-state index contributed by atoms with van der Waals surface area (Å²) in [5, 5.41) is 172. The number of carbonyl (C=O) groups excluding carboxylic acids is 4. The molecule has 103 heavy (non-hydrogen) atoms. The number of hydrogen-bond acceptors (Lipinski definition) is 23. The molecule has 21 atom stereocenters. The van der Waals surface area contributed by atoms with Crippen molar-refractivity contribution >= 4 is 23.4 Å². The first-order valence-corrected chi connectivity index (χ1v) is 35.4. The second-order valence-electron chi connectivity index (χ2n) is 26.5. The Hall–Kier alpha value is -6.96. The number of phenolic OH excluding ortho intramolecular Hbond substituents is 1. The van der Waals surface area contributed by atoms with Gasteiger partial charge >= 0.3 is 0 Å². The molecule has 3 rings (SSSR count).